The van der Waals surface area contributed by atoms with E-state index in [1.807, 2.05) is 6.92 Å². The monoisotopic (exact) mass is 144 g/mol. The summed E-state index contributed by atoms with van der Waals surface area (Å²) >= 11 is 0. The van der Waals surface area contributed by atoms with Crippen LogP contribution in [0, 0.1) is 0 Å². The lowest BCUT2D eigenvalue weighted by Crippen LogP contribution is -2.26. The highest BCUT2D eigenvalue weighted by atomic mass is 16.8. The topological polar surface area (TPSA) is 34.1 Å². The first-order chi connectivity index (χ1) is 4.83. The molecule has 0 aliphatic carbocycles. The van der Waals surface area contributed by atoms with Gasteiger partial charge in [0.2, 0.25) is 0 Å². The minimum Gasteiger partial charge on any atom is -0.354 e. The molecular weight excluding hydrogens is 132 g/mol. The fourth-order valence-electron chi connectivity index (χ4n) is 0.676. The third-order valence-corrected chi connectivity index (χ3v) is 1.28. The number of hydroxylamine groups is 2. The predicted octanol–water partition coefficient (Wildman–Crippen LogP) is 0.254. The van der Waals surface area contributed by atoms with Crippen molar-refractivity contribution in [2.45, 2.75) is 13.2 Å². The lowest BCUT2D eigenvalue weighted by molar-refractivity contribution is -0.224. The van der Waals surface area contributed by atoms with Crippen LogP contribution in [0.1, 0.15) is 6.92 Å². The van der Waals surface area contributed by atoms with Gasteiger partial charge in [-0.1, -0.05) is 0 Å². The van der Waals surface area contributed by atoms with Gasteiger partial charge in [-0.05, 0) is 6.92 Å². The van der Waals surface area contributed by atoms with Gasteiger partial charge in [-0.15, -0.1) is 0 Å². The Morgan fingerprint density at radius 2 is 2.50 bits per heavy atom. The summed E-state index contributed by atoms with van der Waals surface area (Å²) in [7, 11) is 1.61. The molecule has 0 amide bonds. The fraction of sp³-hybridized carbons (Fsp3) is 0.833. The summed E-state index contributed by atoms with van der Waals surface area (Å²) < 4.78 is 4.89. The molecule has 0 saturated carbocycles. The minimum absolute atomic E-state index is 0.190. The molecule has 0 radical (unpaired) electrons. The van der Waals surface area contributed by atoms with E-state index in [0.29, 0.717) is 0 Å². The van der Waals surface area contributed by atoms with E-state index < -0.39 is 0 Å². The Bertz CT molecular complexity index is 127. The molecule has 0 spiro atoms. The Kier molecular flexibility index (Phi) is 2.65. The molecule has 1 rings (SSSR count). The SMILES string of the molecule is COC(C)ON1C=NCC1. The van der Waals surface area contributed by atoms with Gasteiger partial charge in [0.1, 0.15) is 6.34 Å². The van der Waals surface area contributed by atoms with Crippen LogP contribution in [-0.4, -0.2) is 37.9 Å². The molecule has 0 N–H and O–H groups in total. The largest absolute Gasteiger partial charge is 0.354 e. The summed E-state index contributed by atoms with van der Waals surface area (Å²) in [6, 6.07) is 0. The van der Waals surface area contributed by atoms with E-state index >= 15 is 0 Å². The second-order valence-corrected chi connectivity index (χ2v) is 2.07. The molecule has 0 bridgehead atoms. The Labute approximate surface area is 60.4 Å². The van der Waals surface area contributed by atoms with E-state index in [1.54, 1.807) is 18.5 Å². The molecule has 4 nitrogen and oxygen atoms in total. The van der Waals surface area contributed by atoms with Crippen LogP contribution in [0.2, 0.25) is 0 Å². The van der Waals surface area contributed by atoms with Crippen molar-refractivity contribution in [3.63, 3.8) is 0 Å². The number of hydrogen-bond acceptors (Lipinski definition) is 4. The second-order valence-electron chi connectivity index (χ2n) is 2.07. The Balaban J connectivity index is 2.18. The average molecular weight is 144 g/mol. The second kappa shape index (κ2) is 3.53. The third-order valence-electron chi connectivity index (χ3n) is 1.28. The highest BCUT2D eigenvalue weighted by Crippen LogP contribution is 1.99. The standard InChI is InChI=1S/C6H12N2O2/c1-6(9-2)10-8-4-3-7-5-8/h5-6H,3-4H2,1-2H3. The van der Waals surface area contributed by atoms with Gasteiger partial charge < -0.3 is 4.74 Å². The lowest BCUT2D eigenvalue weighted by Gasteiger charge is -2.17. The number of ether oxygens (including phenoxy) is 1. The zero-order chi connectivity index (χ0) is 7.40. The highest BCUT2D eigenvalue weighted by Gasteiger charge is 2.08. The van der Waals surface area contributed by atoms with Gasteiger partial charge in [0, 0.05) is 7.11 Å². The van der Waals surface area contributed by atoms with E-state index in [1.165, 1.54) is 0 Å². The molecule has 0 aromatic heterocycles. The predicted molar refractivity (Wildman–Crippen MR) is 37.6 cm³/mol. The molecule has 1 unspecified atom stereocenters. The van der Waals surface area contributed by atoms with Crippen LogP contribution in [0.3, 0.4) is 0 Å². The van der Waals surface area contributed by atoms with Crippen LogP contribution in [0.4, 0.5) is 0 Å². The van der Waals surface area contributed by atoms with Gasteiger partial charge in [0.25, 0.3) is 0 Å². The van der Waals surface area contributed by atoms with E-state index in [2.05, 4.69) is 4.99 Å². The van der Waals surface area contributed by atoms with Crippen molar-refractivity contribution >= 4 is 6.34 Å². The fourth-order valence-corrected chi connectivity index (χ4v) is 0.676. The summed E-state index contributed by atoms with van der Waals surface area (Å²) in [5.74, 6) is 0. The molecule has 1 atom stereocenters. The van der Waals surface area contributed by atoms with E-state index in [0.717, 1.165) is 13.1 Å². The van der Waals surface area contributed by atoms with Crippen molar-refractivity contribution < 1.29 is 9.57 Å². The highest BCUT2D eigenvalue weighted by molar-refractivity contribution is 5.55. The van der Waals surface area contributed by atoms with Gasteiger partial charge in [-0.25, -0.2) is 9.90 Å². The normalized spacial score (nSPS) is 20.0. The van der Waals surface area contributed by atoms with Crippen molar-refractivity contribution in [2.75, 3.05) is 20.2 Å². The van der Waals surface area contributed by atoms with Gasteiger partial charge in [0.15, 0.2) is 6.29 Å². The molecule has 58 valence electrons. The zero-order valence-electron chi connectivity index (χ0n) is 6.28. The first kappa shape index (κ1) is 7.50. The van der Waals surface area contributed by atoms with Gasteiger partial charge in [-0.3, -0.25) is 4.99 Å². The molecule has 1 heterocycles. The van der Waals surface area contributed by atoms with E-state index in [4.69, 9.17) is 9.57 Å². The van der Waals surface area contributed by atoms with Crippen molar-refractivity contribution in [3.8, 4) is 0 Å². The molecule has 0 fully saturated rings. The maximum Gasteiger partial charge on any atom is 0.180 e. The van der Waals surface area contributed by atoms with Gasteiger partial charge >= 0.3 is 0 Å². The van der Waals surface area contributed by atoms with Gasteiger partial charge in [-0.2, -0.15) is 0 Å². The Morgan fingerprint density at radius 3 is 3.00 bits per heavy atom. The van der Waals surface area contributed by atoms with Crippen molar-refractivity contribution in [1.29, 1.82) is 0 Å². The average Bonchev–Trinajstić information content (AvgIpc) is 2.40. The van der Waals surface area contributed by atoms with Crippen LogP contribution in [0.15, 0.2) is 4.99 Å². The summed E-state index contributed by atoms with van der Waals surface area (Å²) in [6.45, 7) is 3.48. The number of hydrogen-bond donors (Lipinski definition) is 0. The van der Waals surface area contributed by atoms with Crippen LogP contribution >= 0.6 is 0 Å². The lowest BCUT2D eigenvalue weighted by atomic mass is 10.7. The molecule has 1 aliphatic rings. The van der Waals surface area contributed by atoms with Crippen LogP contribution in [0.25, 0.3) is 0 Å². The quantitative estimate of drug-likeness (QED) is 0.532. The molecular formula is C6H12N2O2. The third kappa shape index (κ3) is 1.97. The Morgan fingerprint density at radius 1 is 1.70 bits per heavy atom. The summed E-state index contributed by atoms with van der Waals surface area (Å²) in [5.41, 5.74) is 0. The molecule has 4 heteroatoms. The van der Waals surface area contributed by atoms with Crippen LogP contribution in [0.5, 0.6) is 0 Å². The summed E-state index contributed by atoms with van der Waals surface area (Å²) in [5, 5.41) is 1.67. The van der Waals surface area contributed by atoms with E-state index in [9.17, 15) is 0 Å². The summed E-state index contributed by atoms with van der Waals surface area (Å²) in [4.78, 5) is 9.19. The van der Waals surface area contributed by atoms with Crippen LogP contribution < -0.4 is 0 Å². The van der Waals surface area contributed by atoms with E-state index in [-0.39, 0.29) is 6.29 Å². The number of methoxy groups -OCH3 is 1. The minimum atomic E-state index is -0.190. The maximum absolute atomic E-state index is 5.22. The molecule has 0 saturated heterocycles. The van der Waals surface area contributed by atoms with Crippen molar-refractivity contribution in [2.24, 2.45) is 4.99 Å². The Hall–Kier alpha value is -0.610. The molecule has 0 aromatic carbocycles. The van der Waals surface area contributed by atoms with Crippen molar-refractivity contribution in [1.82, 2.24) is 5.06 Å². The molecule has 0 aromatic rings. The summed E-state index contributed by atoms with van der Waals surface area (Å²) in [6.07, 6.45) is 1.49. The molecule has 1 aliphatic heterocycles. The van der Waals surface area contributed by atoms with Crippen LogP contribution in [-0.2, 0) is 9.57 Å². The number of aliphatic imine (C=N–C) groups is 1. The number of rotatable bonds is 3. The maximum atomic E-state index is 5.22. The number of nitrogens with zero attached hydrogens (tertiary/aromatic N) is 2. The zero-order valence-corrected chi connectivity index (χ0v) is 6.28. The first-order valence-electron chi connectivity index (χ1n) is 3.29. The first-order valence-corrected chi connectivity index (χ1v) is 3.29. The van der Waals surface area contributed by atoms with Gasteiger partial charge in [0.05, 0.1) is 13.1 Å². The smallest absolute Gasteiger partial charge is 0.180 e. The van der Waals surface area contributed by atoms with Crippen molar-refractivity contribution in [3.05, 3.63) is 0 Å². The molecule has 10 heavy (non-hydrogen) atoms.